The number of hydrogen-bond acceptors (Lipinski definition) is 8. The molecule has 3 rings (SSSR count). The zero-order valence-electron chi connectivity index (χ0n) is 19.2. The molecule has 1 aliphatic rings. The number of β-lactam (4-membered cyclic amide) rings is 1. The van der Waals surface area contributed by atoms with Crippen molar-refractivity contribution in [3.63, 3.8) is 0 Å². The van der Waals surface area contributed by atoms with Gasteiger partial charge < -0.3 is 20.3 Å². The van der Waals surface area contributed by atoms with E-state index >= 15 is 0 Å². The third kappa shape index (κ3) is 7.37. The number of para-hydroxylation sites is 1. The minimum absolute atomic E-state index is 0.0666. The van der Waals surface area contributed by atoms with Crippen LogP contribution in [0.5, 0.6) is 5.75 Å². The molecule has 1 fully saturated rings. The normalized spacial score (nSPS) is 16.8. The molecule has 1 amide bonds. The first-order valence-electron chi connectivity index (χ1n) is 10.2. The summed E-state index contributed by atoms with van der Waals surface area (Å²) in [6.45, 7) is 4.54. The van der Waals surface area contributed by atoms with Crippen LogP contribution in [0, 0.1) is 6.92 Å². The van der Waals surface area contributed by atoms with Crippen LogP contribution in [-0.2, 0) is 29.2 Å². The number of nitrogens with zero attached hydrogens (tertiary/aromatic N) is 1. The van der Waals surface area contributed by atoms with Gasteiger partial charge in [0.25, 0.3) is 16.0 Å². The summed E-state index contributed by atoms with van der Waals surface area (Å²) in [7, 11) is -4.02. The summed E-state index contributed by atoms with van der Waals surface area (Å²) in [5.74, 6) is -2.18. The maximum atomic E-state index is 11.9. The number of aliphatic carboxylic acids is 1. The van der Waals surface area contributed by atoms with Gasteiger partial charge in [0.1, 0.15) is 17.5 Å². The molecule has 0 radical (unpaired) electrons. The van der Waals surface area contributed by atoms with Crippen molar-refractivity contribution in [3.8, 4) is 5.75 Å². The molecule has 0 spiro atoms. The predicted molar refractivity (Wildman–Crippen MR) is 124 cm³/mol. The largest absolute Gasteiger partial charge is 0.482 e. The lowest BCUT2D eigenvalue weighted by molar-refractivity contribution is -0.187. The lowest BCUT2D eigenvalue weighted by Crippen LogP contribution is -2.70. The monoisotopic (exact) mass is 506 g/mol. The molecule has 2 atom stereocenters. The summed E-state index contributed by atoms with van der Waals surface area (Å²) in [4.78, 5) is 35.9. The number of esters is 1. The lowest BCUT2D eigenvalue weighted by Gasteiger charge is -2.44. The van der Waals surface area contributed by atoms with Crippen LogP contribution in [0.25, 0.3) is 0 Å². The van der Waals surface area contributed by atoms with Gasteiger partial charge in [-0.1, -0.05) is 35.9 Å². The summed E-state index contributed by atoms with van der Waals surface area (Å²) < 4.78 is 39.9. The Morgan fingerprint density at radius 3 is 2.11 bits per heavy atom. The molecule has 0 aliphatic carbocycles. The average Bonchev–Trinajstić information content (AvgIpc) is 2.80. The van der Waals surface area contributed by atoms with Crippen molar-refractivity contribution in [3.05, 3.63) is 71.4 Å². The lowest BCUT2D eigenvalue weighted by atomic mass is 10.0. The summed E-state index contributed by atoms with van der Waals surface area (Å²) in [5.41, 5.74) is 6.73. The van der Waals surface area contributed by atoms with E-state index in [1.807, 2.05) is 6.92 Å². The predicted octanol–water partition coefficient (Wildman–Crippen LogP) is 1.72. The zero-order valence-corrected chi connectivity index (χ0v) is 20.1. The Morgan fingerprint density at radius 2 is 1.63 bits per heavy atom. The van der Waals surface area contributed by atoms with Crippen LogP contribution in [0.15, 0.2) is 70.8 Å². The first kappa shape index (κ1) is 27.5. The Bertz CT molecular complexity index is 1210. The number of allylic oxidation sites excluding steroid dienone is 1. The molecule has 0 saturated carbocycles. The van der Waals surface area contributed by atoms with Crippen molar-refractivity contribution < 1.29 is 41.9 Å². The fourth-order valence-corrected chi connectivity index (χ4v) is 3.43. The molecule has 0 aromatic heterocycles. The van der Waals surface area contributed by atoms with Crippen LogP contribution in [0.4, 0.5) is 0 Å². The van der Waals surface area contributed by atoms with E-state index in [1.165, 1.54) is 26.0 Å². The molecule has 0 bridgehead atoms. The van der Waals surface area contributed by atoms with Crippen LogP contribution in [0.1, 0.15) is 19.4 Å². The van der Waals surface area contributed by atoms with Gasteiger partial charge in [0.05, 0.1) is 4.90 Å². The molecule has 2 aromatic carbocycles. The van der Waals surface area contributed by atoms with E-state index < -0.39 is 40.2 Å². The van der Waals surface area contributed by atoms with E-state index in [0.29, 0.717) is 11.3 Å². The van der Waals surface area contributed by atoms with E-state index in [4.69, 9.17) is 19.8 Å². The standard InChI is InChI=1S/C16H18N2O6.C7H8O3S/c1-9(2)13(16(21)22)18-14(20)12(17)15(18)24-11(19)8-23-10-6-4-3-5-7-10;1-6-2-4-7(5-3-6)11(8,9)10/h3-7,12,15H,8,17H2,1-2H3,(H,21,22);2-5H,1H3,(H,8,9,10)/t12-,15-;/m1./s1. The molecule has 1 saturated heterocycles. The van der Waals surface area contributed by atoms with E-state index in [1.54, 1.807) is 42.5 Å². The van der Waals surface area contributed by atoms with Crippen molar-refractivity contribution in [2.45, 2.75) is 37.9 Å². The van der Waals surface area contributed by atoms with Gasteiger partial charge in [-0.3, -0.25) is 14.2 Å². The van der Waals surface area contributed by atoms with Crippen molar-refractivity contribution >= 4 is 28.0 Å². The molecule has 188 valence electrons. The van der Waals surface area contributed by atoms with E-state index in [0.717, 1.165) is 10.5 Å². The summed E-state index contributed by atoms with van der Waals surface area (Å²) in [5, 5.41) is 9.23. The van der Waals surface area contributed by atoms with Gasteiger partial charge in [-0.2, -0.15) is 8.42 Å². The van der Waals surface area contributed by atoms with E-state index in [2.05, 4.69) is 0 Å². The van der Waals surface area contributed by atoms with Gasteiger partial charge >= 0.3 is 11.9 Å². The van der Waals surface area contributed by atoms with E-state index in [-0.39, 0.29) is 17.2 Å². The van der Waals surface area contributed by atoms with Gasteiger partial charge in [0.15, 0.2) is 6.61 Å². The molecule has 1 heterocycles. The second-order valence-corrected chi connectivity index (χ2v) is 9.08. The fourth-order valence-electron chi connectivity index (χ4n) is 2.95. The minimum atomic E-state index is -4.02. The highest BCUT2D eigenvalue weighted by atomic mass is 32.2. The molecule has 0 unspecified atom stereocenters. The molecule has 1 aliphatic heterocycles. The quantitative estimate of drug-likeness (QED) is 0.217. The second kappa shape index (κ2) is 11.6. The van der Waals surface area contributed by atoms with Crippen molar-refractivity contribution in [2.75, 3.05) is 6.61 Å². The summed E-state index contributed by atoms with van der Waals surface area (Å²) in [6, 6.07) is 13.5. The maximum absolute atomic E-state index is 11.9. The number of rotatable bonds is 7. The number of carboxylic acid groups (broad SMARTS) is 1. The number of amides is 1. The van der Waals surface area contributed by atoms with Crippen LogP contribution in [0.2, 0.25) is 0 Å². The summed E-state index contributed by atoms with van der Waals surface area (Å²) in [6.07, 6.45) is -1.16. The van der Waals surface area contributed by atoms with Gasteiger partial charge in [0.2, 0.25) is 6.23 Å². The third-order valence-corrected chi connectivity index (χ3v) is 5.54. The number of likely N-dealkylation sites (tertiary alicyclic amines) is 1. The molecule has 35 heavy (non-hydrogen) atoms. The number of nitrogens with two attached hydrogens (primary N) is 1. The Labute approximate surface area is 202 Å². The van der Waals surface area contributed by atoms with Crippen molar-refractivity contribution in [1.82, 2.24) is 4.90 Å². The molecule has 12 heteroatoms. The second-order valence-electron chi connectivity index (χ2n) is 7.66. The number of aryl methyl sites for hydroxylation is 1. The Morgan fingerprint density at radius 1 is 1.06 bits per heavy atom. The van der Waals surface area contributed by atoms with Crippen molar-refractivity contribution in [1.29, 1.82) is 0 Å². The Kier molecular flexibility index (Phi) is 9.12. The SMILES string of the molecule is CC(C)=C(C(=O)O)N1C(=O)[C@@H](N)[C@H]1OC(=O)COc1ccccc1.Cc1ccc(S(=O)(=O)O)cc1. The van der Waals surface area contributed by atoms with Crippen LogP contribution in [0.3, 0.4) is 0 Å². The third-order valence-electron chi connectivity index (χ3n) is 4.67. The van der Waals surface area contributed by atoms with Gasteiger partial charge in [0, 0.05) is 0 Å². The number of benzene rings is 2. The highest BCUT2D eigenvalue weighted by molar-refractivity contribution is 7.85. The molecule has 11 nitrogen and oxygen atoms in total. The number of hydrogen-bond donors (Lipinski definition) is 3. The number of carbonyl (C=O) groups is 3. The molecular weight excluding hydrogens is 480 g/mol. The van der Waals surface area contributed by atoms with Crippen LogP contribution < -0.4 is 10.5 Å². The molecule has 2 aromatic rings. The van der Waals surface area contributed by atoms with Gasteiger partial charge in [-0.15, -0.1) is 0 Å². The number of ether oxygens (including phenoxy) is 2. The molecule has 4 N–H and O–H groups in total. The average molecular weight is 507 g/mol. The summed E-state index contributed by atoms with van der Waals surface area (Å²) >= 11 is 0. The van der Waals surface area contributed by atoms with Crippen molar-refractivity contribution in [2.24, 2.45) is 5.73 Å². The first-order chi connectivity index (χ1) is 16.3. The van der Waals surface area contributed by atoms with E-state index in [9.17, 15) is 27.9 Å². The highest BCUT2D eigenvalue weighted by Crippen LogP contribution is 2.27. The topological polar surface area (TPSA) is 174 Å². The smallest absolute Gasteiger partial charge is 0.352 e. The van der Waals surface area contributed by atoms with Crippen LogP contribution in [-0.4, -0.2) is 59.7 Å². The highest BCUT2D eigenvalue weighted by Gasteiger charge is 2.51. The maximum Gasteiger partial charge on any atom is 0.352 e. The first-order valence-corrected chi connectivity index (χ1v) is 11.7. The van der Waals surface area contributed by atoms with Gasteiger partial charge in [-0.25, -0.2) is 9.59 Å². The number of carbonyl (C=O) groups excluding carboxylic acids is 2. The Hall–Kier alpha value is -3.74. The van der Waals surface area contributed by atoms with Gasteiger partial charge in [-0.05, 0) is 50.6 Å². The molecular formula is C23H26N2O9S. The Balaban J connectivity index is 0.000000328. The van der Waals surface area contributed by atoms with Crippen LogP contribution >= 0.6 is 0 Å². The zero-order chi connectivity index (χ0) is 26.3. The fraction of sp³-hybridized carbons (Fsp3) is 0.261. The number of carboxylic acids is 1. The minimum Gasteiger partial charge on any atom is -0.482 e.